The van der Waals surface area contributed by atoms with Crippen LogP contribution in [0.1, 0.15) is 19.4 Å². The van der Waals surface area contributed by atoms with Gasteiger partial charge in [-0.2, -0.15) is 0 Å². The number of hydrogen-bond donors (Lipinski definition) is 2. The van der Waals surface area contributed by atoms with Crippen LogP contribution < -0.4 is 5.32 Å². The van der Waals surface area contributed by atoms with E-state index >= 15 is 0 Å². The lowest BCUT2D eigenvalue weighted by Gasteiger charge is -2.25. The summed E-state index contributed by atoms with van der Waals surface area (Å²) in [4.78, 5) is 10.5. The Hall–Kier alpha value is -1.10. The van der Waals surface area contributed by atoms with E-state index in [-0.39, 0.29) is 0 Å². The van der Waals surface area contributed by atoms with Crippen molar-refractivity contribution in [3.05, 3.63) is 34.1 Å². The average Bonchev–Trinajstić information content (AvgIpc) is 2.07. The summed E-state index contributed by atoms with van der Waals surface area (Å²) >= 11 is 3.05. The summed E-state index contributed by atoms with van der Waals surface area (Å²) in [5, 5.41) is 10.9. The molecule has 2 N–H and O–H groups in total. The molecule has 0 unspecified atom stereocenters. The molecule has 0 saturated carbocycles. The molecule has 82 valence electrons. The van der Waals surface area contributed by atoms with Crippen molar-refractivity contribution in [1.29, 1.82) is 0 Å². The zero-order chi connectivity index (χ0) is 11.6. The Labute approximate surface area is 95.4 Å². The third-order valence-electron chi connectivity index (χ3n) is 2.04. The van der Waals surface area contributed by atoms with Crippen molar-refractivity contribution < 1.29 is 14.3 Å². The minimum absolute atomic E-state index is 0.305. The molecular weight excluding hydrogens is 265 g/mol. The summed E-state index contributed by atoms with van der Waals surface area (Å²) in [5.74, 6) is -0.448. The Kier molecular flexibility index (Phi) is 3.34. The zero-order valence-electron chi connectivity index (χ0n) is 8.34. The van der Waals surface area contributed by atoms with Gasteiger partial charge in [-0.1, -0.05) is 12.1 Å². The van der Waals surface area contributed by atoms with E-state index in [1.807, 2.05) is 0 Å². The minimum Gasteiger partial charge on any atom is -0.465 e. The second-order valence-electron chi connectivity index (χ2n) is 3.66. The monoisotopic (exact) mass is 275 g/mol. The quantitative estimate of drug-likeness (QED) is 0.872. The molecule has 3 nitrogen and oxygen atoms in total. The summed E-state index contributed by atoms with van der Waals surface area (Å²) in [7, 11) is 0. The van der Waals surface area contributed by atoms with Crippen molar-refractivity contribution in [1.82, 2.24) is 5.32 Å². The number of rotatable bonds is 2. The first-order chi connectivity index (χ1) is 6.84. The van der Waals surface area contributed by atoms with Gasteiger partial charge in [0.05, 0.1) is 10.0 Å². The van der Waals surface area contributed by atoms with Crippen molar-refractivity contribution in [3.63, 3.8) is 0 Å². The molecule has 0 aliphatic heterocycles. The molecule has 0 fully saturated rings. The maximum atomic E-state index is 13.7. The van der Waals surface area contributed by atoms with E-state index < -0.39 is 17.4 Å². The highest BCUT2D eigenvalue weighted by Gasteiger charge is 2.26. The van der Waals surface area contributed by atoms with Gasteiger partial charge in [0, 0.05) is 5.56 Å². The van der Waals surface area contributed by atoms with Crippen LogP contribution in [0, 0.1) is 5.82 Å². The molecule has 0 aromatic heterocycles. The van der Waals surface area contributed by atoms with Crippen molar-refractivity contribution in [2.75, 3.05) is 0 Å². The van der Waals surface area contributed by atoms with Crippen LogP contribution >= 0.6 is 15.9 Å². The second-order valence-corrected chi connectivity index (χ2v) is 4.51. The lowest BCUT2D eigenvalue weighted by atomic mass is 9.94. The van der Waals surface area contributed by atoms with Crippen molar-refractivity contribution in [2.45, 2.75) is 19.4 Å². The Bertz CT molecular complexity index is 393. The highest BCUT2D eigenvalue weighted by Crippen LogP contribution is 2.27. The number of amides is 1. The van der Waals surface area contributed by atoms with Crippen molar-refractivity contribution in [2.24, 2.45) is 0 Å². The second kappa shape index (κ2) is 4.18. The van der Waals surface area contributed by atoms with Gasteiger partial charge in [0.1, 0.15) is 5.82 Å². The van der Waals surface area contributed by atoms with Gasteiger partial charge in [0.15, 0.2) is 0 Å². The smallest absolute Gasteiger partial charge is 0.405 e. The predicted octanol–water partition coefficient (Wildman–Crippen LogP) is 3.09. The molecule has 0 bridgehead atoms. The third-order valence-corrected chi connectivity index (χ3v) is 2.66. The van der Waals surface area contributed by atoms with E-state index in [4.69, 9.17) is 5.11 Å². The molecule has 1 aromatic carbocycles. The molecule has 0 aliphatic rings. The Morgan fingerprint density at radius 3 is 2.67 bits per heavy atom. The first-order valence-electron chi connectivity index (χ1n) is 4.30. The highest BCUT2D eigenvalue weighted by molar-refractivity contribution is 9.10. The fourth-order valence-electron chi connectivity index (χ4n) is 1.32. The van der Waals surface area contributed by atoms with Crippen LogP contribution in [0.5, 0.6) is 0 Å². The maximum Gasteiger partial charge on any atom is 0.405 e. The summed E-state index contributed by atoms with van der Waals surface area (Å²) in [5.41, 5.74) is -0.654. The molecule has 15 heavy (non-hydrogen) atoms. The summed E-state index contributed by atoms with van der Waals surface area (Å²) in [6, 6.07) is 4.78. The largest absolute Gasteiger partial charge is 0.465 e. The van der Waals surface area contributed by atoms with Crippen LogP contribution in [-0.2, 0) is 5.54 Å². The number of carbonyl (C=O) groups is 1. The van der Waals surface area contributed by atoms with Crippen LogP contribution in [0.4, 0.5) is 9.18 Å². The summed E-state index contributed by atoms with van der Waals surface area (Å²) < 4.78 is 14.0. The van der Waals surface area contributed by atoms with E-state index in [0.29, 0.717) is 10.0 Å². The first kappa shape index (κ1) is 12.0. The van der Waals surface area contributed by atoms with E-state index in [1.54, 1.807) is 32.0 Å². The first-order valence-corrected chi connectivity index (χ1v) is 5.09. The maximum absolute atomic E-state index is 13.7. The minimum atomic E-state index is -1.18. The van der Waals surface area contributed by atoms with Crippen LogP contribution in [0.15, 0.2) is 22.7 Å². The van der Waals surface area contributed by atoms with Gasteiger partial charge in [-0.15, -0.1) is 0 Å². The number of benzene rings is 1. The molecule has 1 rings (SSSR count). The topological polar surface area (TPSA) is 49.3 Å². The van der Waals surface area contributed by atoms with Gasteiger partial charge < -0.3 is 10.4 Å². The fraction of sp³-hybridized carbons (Fsp3) is 0.300. The SMILES string of the molecule is CC(C)(NC(=O)O)c1cccc(Br)c1F. The number of halogens is 2. The van der Waals surface area contributed by atoms with Gasteiger partial charge >= 0.3 is 6.09 Å². The van der Waals surface area contributed by atoms with Crippen LogP contribution in [0.2, 0.25) is 0 Å². The molecule has 1 amide bonds. The molecule has 0 radical (unpaired) electrons. The zero-order valence-corrected chi connectivity index (χ0v) is 9.93. The lowest BCUT2D eigenvalue weighted by molar-refractivity contribution is 0.181. The van der Waals surface area contributed by atoms with Crippen LogP contribution in [0.25, 0.3) is 0 Å². The Morgan fingerprint density at radius 1 is 1.53 bits per heavy atom. The van der Waals surface area contributed by atoms with Crippen LogP contribution in [-0.4, -0.2) is 11.2 Å². The van der Waals surface area contributed by atoms with Crippen molar-refractivity contribution in [3.8, 4) is 0 Å². The summed E-state index contributed by atoms with van der Waals surface area (Å²) in [6.07, 6.45) is -1.18. The Balaban J connectivity index is 3.14. The molecule has 0 atom stereocenters. The average molecular weight is 276 g/mol. The highest BCUT2D eigenvalue weighted by atomic mass is 79.9. The van der Waals surface area contributed by atoms with E-state index in [2.05, 4.69) is 21.2 Å². The third kappa shape index (κ3) is 2.68. The molecule has 5 heteroatoms. The number of carboxylic acid groups (broad SMARTS) is 1. The van der Waals surface area contributed by atoms with E-state index in [9.17, 15) is 9.18 Å². The van der Waals surface area contributed by atoms with E-state index in [1.165, 1.54) is 0 Å². The van der Waals surface area contributed by atoms with Crippen LogP contribution in [0.3, 0.4) is 0 Å². The van der Waals surface area contributed by atoms with Gasteiger partial charge in [0.2, 0.25) is 0 Å². The lowest BCUT2D eigenvalue weighted by Crippen LogP contribution is -2.40. The number of hydrogen-bond acceptors (Lipinski definition) is 1. The van der Waals surface area contributed by atoms with Gasteiger partial charge in [0.25, 0.3) is 0 Å². The summed E-state index contributed by atoms with van der Waals surface area (Å²) in [6.45, 7) is 3.21. The number of nitrogens with one attached hydrogen (secondary N) is 1. The molecule has 0 aliphatic carbocycles. The van der Waals surface area contributed by atoms with Crippen molar-refractivity contribution >= 4 is 22.0 Å². The molecule has 0 spiro atoms. The molecule has 1 aromatic rings. The van der Waals surface area contributed by atoms with Gasteiger partial charge in [-0.3, -0.25) is 0 Å². The van der Waals surface area contributed by atoms with Gasteiger partial charge in [-0.05, 0) is 35.8 Å². The predicted molar refractivity (Wildman–Crippen MR) is 58.3 cm³/mol. The molecule has 0 saturated heterocycles. The van der Waals surface area contributed by atoms with Gasteiger partial charge in [-0.25, -0.2) is 9.18 Å². The Morgan fingerprint density at radius 2 is 2.13 bits per heavy atom. The standard InChI is InChI=1S/C10H11BrFNO2/c1-10(2,13-9(14)15)6-4-3-5-7(11)8(6)12/h3-5,13H,1-2H3,(H,14,15). The molecule has 0 heterocycles. The van der Waals surface area contributed by atoms with E-state index in [0.717, 1.165) is 0 Å². The molecular formula is C10H11BrFNO2. The fourth-order valence-corrected chi connectivity index (χ4v) is 1.69. The normalized spacial score (nSPS) is 11.2.